The molecular weight excluding hydrogens is 397 g/mol. The highest BCUT2D eigenvalue weighted by Gasteiger charge is 2.40. The summed E-state index contributed by atoms with van der Waals surface area (Å²) >= 11 is 6.00. The number of carbonyl (C=O) groups excluding carboxylic acids is 3. The van der Waals surface area contributed by atoms with Crippen LogP contribution in [0.25, 0.3) is 0 Å². The highest BCUT2D eigenvalue weighted by atomic mass is 35.5. The first-order valence-electron chi connectivity index (χ1n) is 10.3. The number of halogens is 2. The van der Waals surface area contributed by atoms with Crippen molar-refractivity contribution >= 4 is 29.3 Å². The average molecular weight is 422 g/mol. The number of carbonyl (C=O) groups is 3. The van der Waals surface area contributed by atoms with Gasteiger partial charge in [0.1, 0.15) is 5.82 Å². The molecule has 1 aromatic rings. The molecule has 1 saturated carbocycles. The molecule has 8 heteroatoms. The topological polar surface area (TPSA) is 60.9 Å². The minimum Gasteiger partial charge on any atom is -0.339 e. The van der Waals surface area contributed by atoms with E-state index in [-0.39, 0.29) is 34.2 Å². The van der Waals surface area contributed by atoms with Gasteiger partial charge in [0.25, 0.3) is 5.91 Å². The van der Waals surface area contributed by atoms with E-state index in [0.29, 0.717) is 45.2 Å². The third-order valence-electron chi connectivity index (χ3n) is 6.31. The summed E-state index contributed by atoms with van der Waals surface area (Å²) in [5.41, 5.74) is 0.265. The second-order valence-corrected chi connectivity index (χ2v) is 8.53. The van der Waals surface area contributed by atoms with Crippen molar-refractivity contribution in [2.75, 3.05) is 32.7 Å². The molecule has 1 atom stereocenters. The molecule has 0 N–H and O–H groups in total. The monoisotopic (exact) mass is 421 g/mol. The molecule has 6 nitrogen and oxygen atoms in total. The molecule has 2 saturated heterocycles. The Bertz CT molecular complexity index is 819. The Kier molecular flexibility index (Phi) is 5.76. The van der Waals surface area contributed by atoms with Crippen LogP contribution in [-0.2, 0) is 9.59 Å². The molecule has 1 aromatic carbocycles. The Morgan fingerprint density at radius 1 is 1.03 bits per heavy atom. The Hall–Kier alpha value is -2.15. The maximum Gasteiger partial charge on any atom is 0.255 e. The quantitative estimate of drug-likeness (QED) is 0.753. The van der Waals surface area contributed by atoms with Gasteiger partial charge < -0.3 is 14.7 Å². The van der Waals surface area contributed by atoms with Crippen LogP contribution in [-0.4, -0.2) is 71.2 Å². The van der Waals surface area contributed by atoms with Crippen molar-refractivity contribution in [1.29, 1.82) is 0 Å². The van der Waals surface area contributed by atoms with E-state index >= 15 is 0 Å². The molecule has 3 aliphatic rings. The SMILES string of the molecule is O=C(c1ccc(F)cc1Cl)N1CCN(C(=O)C2CC(=O)N(C3CCCC3)C2)CC1. The Morgan fingerprint density at radius 3 is 2.34 bits per heavy atom. The maximum atomic E-state index is 13.2. The summed E-state index contributed by atoms with van der Waals surface area (Å²) in [6, 6.07) is 4.03. The van der Waals surface area contributed by atoms with Gasteiger partial charge in [-0.25, -0.2) is 4.39 Å². The third kappa shape index (κ3) is 4.10. The molecule has 29 heavy (non-hydrogen) atoms. The molecule has 2 heterocycles. The van der Waals surface area contributed by atoms with Crippen molar-refractivity contribution in [3.8, 4) is 0 Å². The maximum absolute atomic E-state index is 13.2. The van der Waals surface area contributed by atoms with Crippen molar-refractivity contribution in [2.24, 2.45) is 5.92 Å². The van der Waals surface area contributed by atoms with E-state index in [1.54, 1.807) is 9.80 Å². The highest BCUT2D eigenvalue weighted by Crippen LogP contribution is 2.30. The Morgan fingerprint density at radius 2 is 1.69 bits per heavy atom. The third-order valence-corrected chi connectivity index (χ3v) is 6.63. The van der Waals surface area contributed by atoms with Gasteiger partial charge in [0.15, 0.2) is 0 Å². The number of rotatable bonds is 3. The molecule has 156 valence electrons. The van der Waals surface area contributed by atoms with Crippen molar-refractivity contribution in [2.45, 2.75) is 38.1 Å². The molecule has 1 unspecified atom stereocenters. The van der Waals surface area contributed by atoms with E-state index < -0.39 is 5.82 Å². The minimum absolute atomic E-state index is 0.00533. The summed E-state index contributed by atoms with van der Waals surface area (Å²) in [5, 5.41) is 0.0879. The molecule has 3 amide bonds. The summed E-state index contributed by atoms with van der Waals surface area (Å²) in [7, 11) is 0. The van der Waals surface area contributed by atoms with Crippen LogP contribution in [0.3, 0.4) is 0 Å². The predicted octanol–water partition coefficient (Wildman–Crippen LogP) is 2.55. The minimum atomic E-state index is -0.486. The van der Waals surface area contributed by atoms with Crippen molar-refractivity contribution in [1.82, 2.24) is 14.7 Å². The van der Waals surface area contributed by atoms with Gasteiger partial charge in [0, 0.05) is 45.2 Å². The lowest BCUT2D eigenvalue weighted by Crippen LogP contribution is -2.52. The molecule has 2 aliphatic heterocycles. The standard InChI is InChI=1S/C21H25ClFN3O3/c22-18-12-15(23)5-6-17(18)21(29)25-9-7-24(8-10-25)20(28)14-11-19(27)26(13-14)16-3-1-2-4-16/h5-6,12,14,16H,1-4,7-11,13H2. The summed E-state index contributed by atoms with van der Waals surface area (Å²) < 4.78 is 13.2. The number of likely N-dealkylation sites (tertiary alicyclic amines) is 1. The summed E-state index contributed by atoms with van der Waals surface area (Å²) in [4.78, 5) is 43.3. The van der Waals surface area contributed by atoms with Crippen molar-refractivity contribution < 1.29 is 18.8 Å². The molecule has 0 aromatic heterocycles. The van der Waals surface area contributed by atoms with Gasteiger partial charge >= 0.3 is 0 Å². The van der Waals surface area contributed by atoms with Gasteiger partial charge in [-0.05, 0) is 31.0 Å². The molecule has 0 spiro atoms. The van der Waals surface area contributed by atoms with E-state index in [9.17, 15) is 18.8 Å². The molecule has 0 bridgehead atoms. The smallest absolute Gasteiger partial charge is 0.255 e. The molecule has 4 rings (SSSR count). The van der Waals surface area contributed by atoms with E-state index in [2.05, 4.69) is 0 Å². The fraction of sp³-hybridized carbons (Fsp3) is 0.571. The molecular formula is C21H25ClFN3O3. The molecule has 0 radical (unpaired) electrons. The number of hydrogen-bond acceptors (Lipinski definition) is 3. The second-order valence-electron chi connectivity index (χ2n) is 8.13. The predicted molar refractivity (Wildman–Crippen MR) is 106 cm³/mol. The number of amides is 3. The first kappa shape index (κ1) is 20.1. The van der Waals surface area contributed by atoms with Crippen LogP contribution in [0.5, 0.6) is 0 Å². The van der Waals surface area contributed by atoms with E-state index in [1.165, 1.54) is 12.1 Å². The van der Waals surface area contributed by atoms with Gasteiger partial charge in [-0.3, -0.25) is 14.4 Å². The number of nitrogens with zero attached hydrogens (tertiary/aromatic N) is 3. The fourth-order valence-electron chi connectivity index (χ4n) is 4.69. The number of benzene rings is 1. The van der Waals surface area contributed by atoms with Crippen molar-refractivity contribution in [3.05, 3.63) is 34.6 Å². The van der Waals surface area contributed by atoms with Gasteiger partial charge in [-0.1, -0.05) is 24.4 Å². The van der Waals surface area contributed by atoms with Gasteiger partial charge in [-0.15, -0.1) is 0 Å². The summed E-state index contributed by atoms with van der Waals surface area (Å²) in [5.74, 6) is -0.928. The molecule has 3 fully saturated rings. The number of piperazine rings is 1. The van der Waals surface area contributed by atoms with Crippen LogP contribution in [0.1, 0.15) is 42.5 Å². The lowest BCUT2D eigenvalue weighted by molar-refractivity contribution is -0.137. The largest absolute Gasteiger partial charge is 0.339 e. The molecule has 1 aliphatic carbocycles. The van der Waals surface area contributed by atoms with E-state index in [1.807, 2.05) is 4.90 Å². The van der Waals surface area contributed by atoms with E-state index in [0.717, 1.165) is 31.7 Å². The van der Waals surface area contributed by atoms with Crippen LogP contribution < -0.4 is 0 Å². The number of hydrogen-bond donors (Lipinski definition) is 0. The van der Waals surface area contributed by atoms with Gasteiger partial charge in [-0.2, -0.15) is 0 Å². The zero-order valence-electron chi connectivity index (χ0n) is 16.3. The zero-order valence-corrected chi connectivity index (χ0v) is 17.0. The van der Waals surface area contributed by atoms with Crippen LogP contribution >= 0.6 is 11.6 Å². The van der Waals surface area contributed by atoms with Gasteiger partial charge in [0.2, 0.25) is 11.8 Å². The van der Waals surface area contributed by atoms with Crippen LogP contribution in [0, 0.1) is 11.7 Å². The zero-order chi connectivity index (χ0) is 20.5. The lowest BCUT2D eigenvalue weighted by Gasteiger charge is -2.36. The van der Waals surface area contributed by atoms with Crippen molar-refractivity contribution in [3.63, 3.8) is 0 Å². The normalized spacial score (nSPS) is 23.2. The Balaban J connectivity index is 1.33. The second kappa shape index (κ2) is 8.30. The average Bonchev–Trinajstić information content (AvgIpc) is 3.36. The van der Waals surface area contributed by atoms with Crippen LogP contribution in [0.15, 0.2) is 18.2 Å². The van der Waals surface area contributed by atoms with Crippen LogP contribution in [0.2, 0.25) is 5.02 Å². The van der Waals surface area contributed by atoms with E-state index in [4.69, 9.17) is 11.6 Å². The summed E-state index contributed by atoms with van der Waals surface area (Å²) in [6.07, 6.45) is 4.68. The highest BCUT2D eigenvalue weighted by molar-refractivity contribution is 6.33. The Labute approximate surface area is 174 Å². The summed E-state index contributed by atoms with van der Waals surface area (Å²) in [6.45, 7) is 2.16. The van der Waals surface area contributed by atoms with Gasteiger partial charge in [0.05, 0.1) is 16.5 Å². The lowest BCUT2D eigenvalue weighted by atomic mass is 10.1. The fourth-order valence-corrected chi connectivity index (χ4v) is 4.94. The first-order chi connectivity index (χ1) is 13.9. The van der Waals surface area contributed by atoms with Crippen LogP contribution in [0.4, 0.5) is 4.39 Å². The first-order valence-corrected chi connectivity index (χ1v) is 10.6.